The van der Waals surface area contributed by atoms with E-state index in [0.29, 0.717) is 16.3 Å². The number of carboxylic acids is 2. The van der Waals surface area contributed by atoms with Gasteiger partial charge in [0.2, 0.25) is 5.12 Å². The standard InChI is InChI=1S/C17H13O6P/c18-15(19)9-11(17(20)21)8-10-4-3-6-13-12-5-1-2-7-14(12)23-24(22)16(10)13/h1-7,11H,8-9H2,(H-,18,19,20,21)/p+1. The predicted molar refractivity (Wildman–Crippen MR) is 88.4 cm³/mol. The molecule has 0 amide bonds. The summed E-state index contributed by atoms with van der Waals surface area (Å²) < 4.78 is 18.0. The lowest BCUT2D eigenvalue weighted by molar-refractivity contribution is -0.148. The number of hydrogen-bond acceptors (Lipinski definition) is 4. The average Bonchev–Trinajstić information content (AvgIpc) is 2.54. The Bertz CT molecular complexity index is 1010. The molecule has 3 aromatic rings. The van der Waals surface area contributed by atoms with Gasteiger partial charge in [0.05, 0.1) is 12.3 Å². The fraction of sp³-hybridized carbons (Fsp3) is 0.176. The second kappa shape index (κ2) is 6.42. The molecule has 2 N–H and O–H groups in total. The SMILES string of the molecule is O=C(O)CC(Cc1cccc2c3ccccc3o[p+](=O)c12)C(=O)O. The molecule has 24 heavy (non-hydrogen) atoms. The van der Waals surface area contributed by atoms with Crippen molar-refractivity contribution in [2.45, 2.75) is 12.8 Å². The molecular formula is C17H14O6P+. The van der Waals surface area contributed by atoms with Crippen LogP contribution in [0.4, 0.5) is 0 Å². The van der Waals surface area contributed by atoms with Crippen LogP contribution in [0.5, 0.6) is 0 Å². The van der Waals surface area contributed by atoms with E-state index in [-0.39, 0.29) is 6.42 Å². The van der Waals surface area contributed by atoms with Crippen LogP contribution >= 0.6 is 7.65 Å². The number of para-hydroxylation sites is 1. The van der Waals surface area contributed by atoms with Crippen molar-refractivity contribution in [3.8, 4) is 0 Å². The summed E-state index contributed by atoms with van der Waals surface area (Å²) in [6.07, 6.45) is -0.509. The van der Waals surface area contributed by atoms with Gasteiger partial charge in [-0.1, -0.05) is 30.3 Å². The van der Waals surface area contributed by atoms with Crippen molar-refractivity contribution in [3.63, 3.8) is 0 Å². The van der Waals surface area contributed by atoms with E-state index in [1.165, 1.54) is 0 Å². The Kier molecular flexibility index (Phi) is 4.32. The van der Waals surface area contributed by atoms with Crippen molar-refractivity contribution >= 4 is 41.1 Å². The number of carboxylic acid groups (broad SMARTS) is 2. The van der Waals surface area contributed by atoms with E-state index >= 15 is 0 Å². The molecule has 3 rings (SSSR count). The minimum absolute atomic E-state index is 0.0165. The molecule has 0 aliphatic heterocycles. The summed E-state index contributed by atoms with van der Waals surface area (Å²) in [6.45, 7) is 0. The summed E-state index contributed by atoms with van der Waals surface area (Å²) in [5, 5.41) is 20.1. The van der Waals surface area contributed by atoms with Crippen LogP contribution < -0.4 is 0 Å². The highest BCUT2D eigenvalue weighted by Gasteiger charge is 2.26. The van der Waals surface area contributed by atoms with E-state index in [4.69, 9.17) is 9.30 Å². The number of fused-ring (bicyclic) bond motifs is 3. The van der Waals surface area contributed by atoms with Crippen LogP contribution in [-0.2, 0) is 20.6 Å². The fourth-order valence-corrected chi connectivity index (χ4v) is 4.04. The Hall–Kier alpha value is -2.72. The van der Waals surface area contributed by atoms with Crippen LogP contribution in [0.1, 0.15) is 12.0 Å². The van der Waals surface area contributed by atoms with E-state index in [0.717, 1.165) is 10.8 Å². The fourth-order valence-electron chi connectivity index (χ4n) is 2.82. The summed E-state index contributed by atoms with van der Waals surface area (Å²) in [4.78, 5) is 22.2. The number of hydrogen-bond donors (Lipinski definition) is 2. The quantitative estimate of drug-likeness (QED) is 0.676. The minimum atomic E-state index is -2.18. The van der Waals surface area contributed by atoms with Crippen LogP contribution in [-0.4, -0.2) is 22.2 Å². The van der Waals surface area contributed by atoms with E-state index in [9.17, 15) is 19.3 Å². The van der Waals surface area contributed by atoms with Gasteiger partial charge in [-0.3, -0.25) is 9.59 Å². The molecule has 122 valence electrons. The Morgan fingerprint density at radius 2 is 1.75 bits per heavy atom. The van der Waals surface area contributed by atoms with Gasteiger partial charge >= 0.3 is 19.6 Å². The molecule has 0 bridgehead atoms. The monoisotopic (exact) mass is 345 g/mol. The molecule has 1 aromatic heterocycles. The van der Waals surface area contributed by atoms with Gasteiger partial charge in [-0.05, 0) is 23.1 Å². The molecule has 0 radical (unpaired) electrons. The van der Waals surface area contributed by atoms with Crippen LogP contribution in [0, 0.1) is 5.92 Å². The predicted octanol–water partition coefficient (Wildman–Crippen LogP) is 4.05. The molecule has 2 atom stereocenters. The zero-order valence-corrected chi connectivity index (χ0v) is 13.4. The van der Waals surface area contributed by atoms with Gasteiger partial charge in [0.25, 0.3) is 0 Å². The summed E-state index contributed by atoms with van der Waals surface area (Å²) in [5.74, 6) is -3.46. The molecule has 2 aromatic carbocycles. The maximum atomic E-state index is 12.5. The van der Waals surface area contributed by atoms with Crippen molar-refractivity contribution in [3.05, 3.63) is 48.0 Å². The molecule has 1 heterocycles. The summed E-state index contributed by atoms with van der Waals surface area (Å²) in [6, 6.07) is 12.4. The van der Waals surface area contributed by atoms with Crippen molar-refractivity contribution in [1.29, 1.82) is 0 Å². The topological polar surface area (TPSA) is 105 Å². The molecule has 7 heteroatoms. The highest BCUT2D eigenvalue weighted by molar-refractivity contribution is 7.37. The Morgan fingerprint density at radius 1 is 1.04 bits per heavy atom. The molecule has 0 saturated carbocycles. The third kappa shape index (κ3) is 3.01. The van der Waals surface area contributed by atoms with Gasteiger partial charge < -0.3 is 10.2 Å². The molecule has 0 fully saturated rings. The lowest BCUT2D eigenvalue weighted by atomic mass is 9.95. The second-order valence-corrected chi connectivity index (χ2v) is 6.64. The molecule has 0 saturated heterocycles. The Labute approximate surface area is 137 Å². The highest BCUT2D eigenvalue weighted by atomic mass is 31.1. The first-order chi connectivity index (χ1) is 11.5. The van der Waals surface area contributed by atoms with Gasteiger partial charge in [0.15, 0.2) is 5.58 Å². The minimum Gasteiger partial charge on any atom is -0.481 e. The van der Waals surface area contributed by atoms with Crippen LogP contribution in [0.2, 0.25) is 0 Å². The van der Waals surface area contributed by atoms with Crippen LogP contribution in [0.25, 0.3) is 21.5 Å². The van der Waals surface area contributed by atoms with Crippen molar-refractivity contribution in [2.24, 2.45) is 5.92 Å². The maximum Gasteiger partial charge on any atom is 0.598 e. The molecule has 6 nitrogen and oxygen atoms in total. The van der Waals surface area contributed by atoms with Gasteiger partial charge in [-0.25, -0.2) is 4.20 Å². The smallest absolute Gasteiger partial charge is 0.481 e. The molecule has 2 unspecified atom stereocenters. The molecular weight excluding hydrogens is 331 g/mol. The summed E-state index contributed by atoms with van der Waals surface area (Å²) >= 11 is 0. The summed E-state index contributed by atoms with van der Waals surface area (Å²) in [5.41, 5.74) is 1.06. The van der Waals surface area contributed by atoms with E-state index in [2.05, 4.69) is 0 Å². The normalized spacial score (nSPS) is 13.1. The lowest BCUT2D eigenvalue weighted by Crippen LogP contribution is -2.20. The zero-order chi connectivity index (χ0) is 17.3. The molecule has 0 aliphatic rings. The van der Waals surface area contributed by atoms with E-state index < -0.39 is 31.9 Å². The number of benzene rings is 2. The lowest BCUT2D eigenvalue weighted by Gasteiger charge is -2.09. The first-order valence-electron chi connectivity index (χ1n) is 7.28. The van der Waals surface area contributed by atoms with Crippen molar-refractivity contribution < 1.29 is 28.6 Å². The van der Waals surface area contributed by atoms with E-state index in [1.54, 1.807) is 30.3 Å². The molecule has 0 aliphatic carbocycles. The van der Waals surface area contributed by atoms with Crippen molar-refractivity contribution in [1.82, 2.24) is 0 Å². The van der Waals surface area contributed by atoms with Gasteiger partial charge in [0, 0.05) is 16.3 Å². The largest absolute Gasteiger partial charge is 0.598 e. The maximum absolute atomic E-state index is 12.5. The third-order valence-electron chi connectivity index (χ3n) is 3.90. The van der Waals surface area contributed by atoms with Crippen LogP contribution in [0.15, 0.2) is 46.7 Å². The number of rotatable bonds is 5. The Morgan fingerprint density at radius 3 is 2.46 bits per heavy atom. The first-order valence-corrected chi connectivity index (χ1v) is 8.46. The third-order valence-corrected chi connectivity index (χ3v) is 5.15. The highest BCUT2D eigenvalue weighted by Crippen LogP contribution is 2.38. The second-order valence-electron chi connectivity index (χ2n) is 5.50. The molecule has 0 spiro atoms. The van der Waals surface area contributed by atoms with Gasteiger partial charge in [-0.2, -0.15) is 0 Å². The van der Waals surface area contributed by atoms with Gasteiger partial charge in [0.1, 0.15) is 0 Å². The Balaban J connectivity index is 2.18. The zero-order valence-electron chi connectivity index (χ0n) is 12.5. The van der Waals surface area contributed by atoms with E-state index in [1.807, 2.05) is 12.1 Å². The van der Waals surface area contributed by atoms with Crippen LogP contribution in [0.3, 0.4) is 0 Å². The first kappa shape index (κ1) is 16.1. The average molecular weight is 345 g/mol. The van der Waals surface area contributed by atoms with Crippen molar-refractivity contribution in [2.75, 3.05) is 0 Å². The number of carbonyl (C=O) groups is 2. The van der Waals surface area contributed by atoms with Gasteiger partial charge in [-0.15, -0.1) is 0 Å². The summed E-state index contributed by atoms with van der Waals surface area (Å²) in [7, 11) is -2.18. The number of aliphatic carboxylic acids is 2.